The van der Waals surface area contributed by atoms with E-state index in [-0.39, 0.29) is 5.91 Å². The van der Waals surface area contributed by atoms with Crippen LogP contribution in [0.15, 0.2) is 50.2 Å². The molecule has 1 fully saturated rings. The van der Waals surface area contributed by atoms with Crippen molar-refractivity contribution in [2.24, 2.45) is 0 Å². The van der Waals surface area contributed by atoms with Gasteiger partial charge in [0.15, 0.2) is 15.8 Å². The molecule has 1 heterocycles. The number of ether oxygens (including phenoxy) is 2. The zero-order valence-electron chi connectivity index (χ0n) is 14.5. The zero-order valence-corrected chi connectivity index (χ0v) is 19.3. The smallest absolute Gasteiger partial charge is 0.270 e. The lowest BCUT2D eigenvalue weighted by atomic mass is 10.1. The monoisotopic (exact) mass is 527 g/mol. The number of nitrogens with zero attached hydrogens (tertiary/aromatic N) is 1. The Bertz CT molecular complexity index is 929. The molecular formula is C19H15Br2NO3S2. The van der Waals surface area contributed by atoms with Gasteiger partial charge in [-0.2, -0.15) is 0 Å². The lowest BCUT2D eigenvalue weighted by Gasteiger charge is -2.14. The molecule has 8 heteroatoms. The van der Waals surface area contributed by atoms with E-state index in [1.807, 2.05) is 43.3 Å². The first-order valence-electron chi connectivity index (χ1n) is 7.98. The molecule has 1 aliphatic rings. The molecule has 0 N–H and O–H groups in total. The van der Waals surface area contributed by atoms with Gasteiger partial charge in [0.25, 0.3) is 5.91 Å². The summed E-state index contributed by atoms with van der Waals surface area (Å²) in [5.74, 6) is 1.10. The average Bonchev–Trinajstić information content (AvgIpc) is 2.92. The van der Waals surface area contributed by atoms with Gasteiger partial charge in [-0.25, -0.2) is 0 Å². The van der Waals surface area contributed by atoms with E-state index in [9.17, 15) is 4.79 Å². The van der Waals surface area contributed by atoms with Crippen molar-refractivity contribution >= 4 is 77.8 Å². The number of methoxy groups -OCH3 is 1. The van der Waals surface area contributed by atoms with E-state index in [1.54, 1.807) is 13.2 Å². The molecule has 1 amide bonds. The highest BCUT2D eigenvalue weighted by Gasteiger charge is 2.33. The van der Waals surface area contributed by atoms with Crippen molar-refractivity contribution in [2.45, 2.75) is 6.92 Å². The lowest BCUT2D eigenvalue weighted by Crippen LogP contribution is -2.27. The molecule has 0 radical (unpaired) electrons. The second-order valence-electron chi connectivity index (χ2n) is 5.45. The van der Waals surface area contributed by atoms with Gasteiger partial charge < -0.3 is 9.47 Å². The summed E-state index contributed by atoms with van der Waals surface area (Å²) in [5.41, 5.74) is 1.55. The maximum atomic E-state index is 12.9. The number of halogens is 2. The van der Waals surface area contributed by atoms with Crippen LogP contribution in [0.4, 0.5) is 5.69 Å². The number of benzene rings is 2. The summed E-state index contributed by atoms with van der Waals surface area (Å²) in [5, 5.41) is 0. The molecule has 4 nitrogen and oxygen atoms in total. The van der Waals surface area contributed by atoms with Crippen molar-refractivity contribution in [1.29, 1.82) is 0 Å². The molecule has 3 rings (SSSR count). The molecule has 2 aromatic carbocycles. The Hall–Kier alpha value is -1.35. The molecule has 0 atom stereocenters. The van der Waals surface area contributed by atoms with Crippen molar-refractivity contribution in [3.63, 3.8) is 0 Å². The van der Waals surface area contributed by atoms with E-state index in [1.165, 1.54) is 16.7 Å². The van der Waals surface area contributed by atoms with E-state index >= 15 is 0 Å². The first kappa shape index (κ1) is 20.4. The number of hydrogen-bond acceptors (Lipinski definition) is 5. The van der Waals surface area contributed by atoms with Gasteiger partial charge in [-0.15, -0.1) is 0 Å². The average molecular weight is 529 g/mol. The van der Waals surface area contributed by atoms with Gasteiger partial charge >= 0.3 is 0 Å². The van der Waals surface area contributed by atoms with Gasteiger partial charge in [0, 0.05) is 8.95 Å². The fraction of sp³-hybridized carbons (Fsp3) is 0.158. The van der Waals surface area contributed by atoms with Crippen LogP contribution in [0, 0.1) is 0 Å². The molecule has 0 bridgehead atoms. The highest BCUT2D eigenvalue weighted by molar-refractivity contribution is 9.10. The van der Waals surface area contributed by atoms with E-state index in [4.69, 9.17) is 21.7 Å². The summed E-state index contributed by atoms with van der Waals surface area (Å²) >= 11 is 13.6. The van der Waals surface area contributed by atoms with Crippen LogP contribution >= 0.6 is 55.8 Å². The number of rotatable bonds is 5. The fourth-order valence-electron chi connectivity index (χ4n) is 2.51. The molecule has 0 aromatic heterocycles. The quantitative estimate of drug-likeness (QED) is 0.350. The molecule has 1 saturated heterocycles. The fourth-order valence-corrected chi connectivity index (χ4v) is 4.50. The zero-order chi connectivity index (χ0) is 19.6. The molecule has 0 unspecified atom stereocenters. The minimum atomic E-state index is -0.146. The molecule has 1 aliphatic heterocycles. The van der Waals surface area contributed by atoms with Crippen molar-refractivity contribution in [1.82, 2.24) is 0 Å². The van der Waals surface area contributed by atoms with Crippen LogP contribution in [0.2, 0.25) is 0 Å². The van der Waals surface area contributed by atoms with Gasteiger partial charge in [-0.1, -0.05) is 55.8 Å². The van der Waals surface area contributed by atoms with E-state index < -0.39 is 0 Å². The van der Waals surface area contributed by atoms with Gasteiger partial charge in [-0.3, -0.25) is 9.69 Å². The number of thiocarbonyl (C=S) groups is 1. The van der Waals surface area contributed by atoms with Crippen LogP contribution in [0.3, 0.4) is 0 Å². The van der Waals surface area contributed by atoms with Crippen LogP contribution in [0.25, 0.3) is 6.08 Å². The predicted molar refractivity (Wildman–Crippen MR) is 122 cm³/mol. The maximum Gasteiger partial charge on any atom is 0.270 e. The van der Waals surface area contributed by atoms with Crippen LogP contribution in [0.1, 0.15) is 12.5 Å². The Morgan fingerprint density at radius 1 is 1.19 bits per heavy atom. The predicted octanol–water partition coefficient (Wildman–Crippen LogP) is 6.02. The van der Waals surface area contributed by atoms with Gasteiger partial charge in [0.1, 0.15) is 0 Å². The summed E-state index contributed by atoms with van der Waals surface area (Å²) < 4.78 is 13.2. The number of hydrogen-bond donors (Lipinski definition) is 0. The van der Waals surface area contributed by atoms with E-state index in [0.29, 0.717) is 27.3 Å². The Morgan fingerprint density at radius 3 is 2.52 bits per heavy atom. The van der Waals surface area contributed by atoms with Crippen molar-refractivity contribution in [2.75, 3.05) is 18.6 Å². The van der Waals surface area contributed by atoms with E-state index in [0.717, 1.165) is 20.2 Å². The van der Waals surface area contributed by atoms with Gasteiger partial charge in [0.2, 0.25) is 0 Å². The normalized spacial score (nSPS) is 15.6. The summed E-state index contributed by atoms with van der Waals surface area (Å²) in [6, 6.07) is 11.1. The largest absolute Gasteiger partial charge is 0.493 e. The number of amides is 1. The highest BCUT2D eigenvalue weighted by atomic mass is 79.9. The molecular weight excluding hydrogens is 514 g/mol. The SMILES string of the molecule is CCOc1cc(Br)c(/C=C2\SC(=S)N(c3ccc(Br)cc3)C2=O)cc1OC. The number of carbonyl (C=O) groups is 1. The number of thioether (sulfide) groups is 1. The Kier molecular flexibility index (Phi) is 6.62. The van der Waals surface area contributed by atoms with Crippen LogP contribution in [0.5, 0.6) is 11.5 Å². The second kappa shape index (κ2) is 8.77. The molecule has 27 heavy (non-hydrogen) atoms. The van der Waals surface area contributed by atoms with Crippen molar-refractivity contribution < 1.29 is 14.3 Å². The third-order valence-corrected chi connectivity index (χ3v) is 6.27. The lowest BCUT2D eigenvalue weighted by molar-refractivity contribution is -0.113. The summed E-state index contributed by atoms with van der Waals surface area (Å²) in [6.45, 7) is 2.45. The third kappa shape index (κ3) is 4.39. The minimum Gasteiger partial charge on any atom is -0.493 e. The summed E-state index contributed by atoms with van der Waals surface area (Å²) in [6.07, 6.45) is 1.81. The van der Waals surface area contributed by atoms with Gasteiger partial charge in [0.05, 0.1) is 24.3 Å². The summed E-state index contributed by atoms with van der Waals surface area (Å²) in [4.78, 5) is 15.0. The molecule has 0 spiro atoms. The standard InChI is InChI=1S/C19H15Br2NO3S2/c1-3-25-16-10-14(21)11(8-15(16)24-2)9-17-18(23)22(19(26)27-17)13-6-4-12(20)5-7-13/h4-10H,3H2,1-2H3/b17-9-. The maximum absolute atomic E-state index is 12.9. The Balaban J connectivity index is 1.95. The molecule has 140 valence electrons. The molecule has 0 saturated carbocycles. The van der Waals surface area contributed by atoms with Crippen LogP contribution in [-0.4, -0.2) is 23.9 Å². The number of anilines is 1. The summed E-state index contributed by atoms with van der Waals surface area (Å²) in [7, 11) is 1.59. The van der Waals surface area contributed by atoms with Crippen molar-refractivity contribution in [3.05, 3.63) is 55.8 Å². The van der Waals surface area contributed by atoms with Gasteiger partial charge in [-0.05, 0) is 55.0 Å². The topological polar surface area (TPSA) is 38.8 Å². The minimum absolute atomic E-state index is 0.146. The highest BCUT2D eigenvalue weighted by Crippen LogP contribution is 2.39. The first-order valence-corrected chi connectivity index (χ1v) is 10.8. The van der Waals surface area contributed by atoms with Crippen molar-refractivity contribution in [3.8, 4) is 11.5 Å². The van der Waals surface area contributed by atoms with Crippen LogP contribution < -0.4 is 14.4 Å². The van der Waals surface area contributed by atoms with Crippen LogP contribution in [-0.2, 0) is 4.79 Å². The van der Waals surface area contributed by atoms with E-state index in [2.05, 4.69) is 31.9 Å². The second-order valence-corrected chi connectivity index (χ2v) is 8.90. The Morgan fingerprint density at radius 2 is 1.89 bits per heavy atom. The number of carbonyl (C=O) groups excluding carboxylic acids is 1. The molecule has 2 aromatic rings. The molecule has 0 aliphatic carbocycles. The Labute approximate surface area is 184 Å². The first-order chi connectivity index (χ1) is 12.9. The third-order valence-electron chi connectivity index (χ3n) is 3.75.